The zero-order valence-electron chi connectivity index (χ0n) is 21.2. The molecule has 9 heteroatoms. The minimum atomic E-state index is -3.77. The number of sulfonamides is 1. The Balaban J connectivity index is 1.91. The van der Waals surface area contributed by atoms with E-state index in [4.69, 9.17) is 0 Å². The van der Waals surface area contributed by atoms with E-state index >= 15 is 0 Å². The fourth-order valence-electron chi connectivity index (χ4n) is 4.60. The maximum atomic E-state index is 13.8. The summed E-state index contributed by atoms with van der Waals surface area (Å²) in [5, 5.41) is 3.15. The van der Waals surface area contributed by atoms with E-state index < -0.39 is 28.5 Å². The van der Waals surface area contributed by atoms with Gasteiger partial charge < -0.3 is 10.2 Å². The average molecular weight is 579 g/mol. The van der Waals surface area contributed by atoms with Gasteiger partial charge >= 0.3 is 0 Å². The van der Waals surface area contributed by atoms with Crippen molar-refractivity contribution < 1.29 is 18.0 Å². The number of amides is 2. The van der Waals surface area contributed by atoms with Crippen molar-refractivity contribution in [3.8, 4) is 0 Å². The van der Waals surface area contributed by atoms with E-state index in [0.717, 1.165) is 47.4 Å². The summed E-state index contributed by atoms with van der Waals surface area (Å²) in [5.41, 5.74) is 2.35. The molecule has 0 spiro atoms. The Kier molecular flexibility index (Phi) is 9.96. The Morgan fingerprint density at radius 1 is 1.06 bits per heavy atom. The van der Waals surface area contributed by atoms with E-state index in [9.17, 15) is 18.0 Å². The number of nitrogens with one attached hydrogen (secondary N) is 1. The highest BCUT2D eigenvalue weighted by molar-refractivity contribution is 9.10. The molecule has 1 saturated carbocycles. The van der Waals surface area contributed by atoms with Crippen molar-refractivity contribution in [2.75, 3.05) is 17.1 Å². The van der Waals surface area contributed by atoms with Crippen molar-refractivity contribution in [1.29, 1.82) is 0 Å². The molecule has 0 aliphatic heterocycles. The SMILES string of the molecule is CCC(C(=O)NC1CCCCC1)N(Cc1ccc(C)cc1)C(=O)CN(c1ccccc1Br)S(C)(=O)=O. The lowest BCUT2D eigenvalue weighted by Crippen LogP contribution is -2.54. The smallest absolute Gasteiger partial charge is 0.244 e. The highest BCUT2D eigenvalue weighted by Gasteiger charge is 2.33. The maximum Gasteiger partial charge on any atom is 0.244 e. The number of carbonyl (C=O) groups excluding carboxylic acids is 2. The molecular formula is C27H36BrN3O4S. The number of para-hydroxylation sites is 1. The number of aryl methyl sites for hydroxylation is 1. The van der Waals surface area contributed by atoms with E-state index in [1.165, 1.54) is 11.3 Å². The van der Waals surface area contributed by atoms with E-state index in [-0.39, 0.29) is 18.5 Å². The van der Waals surface area contributed by atoms with Gasteiger partial charge in [0, 0.05) is 17.1 Å². The Morgan fingerprint density at radius 2 is 1.69 bits per heavy atom. The van der Waals surface area contributed by atoms with Crippen molar-refractivity contribution in [3.63, 3.8) is 0 Å². The van der Waals surface area contributed by atoms with Gasteiger partial charge in [-0.25, -0.2) is 8.42 Å². The second kappa shape index (κ2) is 12.7. The van der Waals surface area contributed by atoms with E-state index in [0.29, 0.717) is 16.6 Å². The fourth-order valence-corrected chi connectivity index (χ4v) is 6.08. The zero-order chi connectivity index (χ0) is 26.3. The van der Waals surface area contributed by atoms with Gasteiger partial charge in [-0.05, 0) is 59.8 Å². The number of carbonyl (C=O) groups is 2. The Hall–Kier alpha value is -2.39. The lowest BCUT2D eigenvalue weighted by atomic mass is 9.95. The molecule has 2 amide bonds. The van der Waals surface area contributed by atoms with Crippen molar-refractivity contribution >= 4 is 43.5 Å². The largest absolute Gasteiger partial charge is 0.352 e. The van der Waals surface area contributed by atoms with Gasteiger partial charge in [0.2, 0.25) is 21.8 Å². The maximum absolute atomic E-state index is 13.8. The summed E-state index contributed by atoms with van der Waals surface area (Å²) in [7, 11) is -3.77. The van der Waals surface area contributed by atoms with Crippen molar-refractivity contribution in [2.24, 2.45) is 0 Å². The molecule has 0 aromatic heterocycles. The van der Waals surface area contributed by atoms with Crippen LogP contribution in [0.2, 0.25) is 0 Å². The lowest BCUT2D eigenvalue weighted by Gasteiger charge is -2.34. The summed E-state index contributed by atoms with van der Waals surface area (Å²) in [6, 6.07) is 14.1. The molecule has 196 valence electrons. The molecule has 1 aliphatic rings. The molecule has 0 heterocycles. The Morgan fingerprint density at radius 3 is 2.28 bits per heavy atom. The molecule has 7 nitrogen and oxygen atoms in total. The normalized spacial score (nSPS) is 15.2. The van der Waals surface area contributed by atoms with E-state index in [2.05, 4.69) is 21.2 Å². The first-order valence-electron chi connectivity index (χ1n) is 12.5. The van der Waals surface area contributed by atoms with Crippen molar-refractivity contribution in [3.05, 3.63) is 64.1 Å². The molecule has 2 aromatic rings. The standard InChI is InChI=1S/C27H36BrN3O4S/c1-4-24(27(33)29-22-10-6-5-7-11-22)30(18-21-16-14-20(2)15-17-21)26(32)19-31(36(3,34)35)25-13-9-8-12-23(25)28/h8-9,12-17,22,24H,4-7,10-11,18-19H2,1-3H3,(H,29,33). The summed E-state index contributed by atoms with van der Waals surface area (Å²) in [5.74, 6) is -0.612. The summed E-state index contributed by atoms with van der Waals surface area (Å²) in [4.78, 5) is 28.7. The predicted molar refractivity (Wildman–Crippen MR) is 147 cm³/mol. The van der Waals surface area contributed by atoms with Crippen LogP contribution in [0.5, 0.6) is 0 Å². The third-order valence-corrected chi connectivity index (χ3v) is 8.41. The van der Waals surface area contributed by atoms with Gasteiger partial charge in [0.05, 0.1) is 11.9 Å². The lowest BCUT2D eigenvalue weighted by molar-refractivity contribution is -0.140. The highest BCUT2D eigenvalue weighted by Crippen LogP contribution is 2.28. The highest BCUT2D eigenvalue weighted by atomic mass is 79.9. The number of anilines is 1. The Bertz CT molecular complexity index is 1150. The number of halogens is 1. The van der Waals surface area contributed by atoms with Gasteiger partial charge in [0.25, 0.3) is 0 Å². The monoisotopic (exact) mass is 577 g/mol. The average Bonchev–Trinajstić information content (AvgIpc) is 2.84. The quantitative estimate of drug-likeness (QED) is 0.440. The molecule has 0 saturated heterocycles. The van der Waals surface area contributed by atoms with E-state index in [1.54, 1.807) is 24.3 Å². The predicted octanol–water partition coefficient (Wildman–Crippen LogP) is 4.78. The third-order valence-electron chi connectivity index (χ3n) is 6.61. The zero-order valence-corrected chi connectivity index (χ0v) is 23.6. The van der Waals surface area contributed by atoms with Crippen LogP contribution >= 0.6 is 15.9 Å². The minimum Gasteiger partial charge on any atom is -0.352 e. The first-order valence-corrected chi connectivity index (χ1v) is 15.1. The topological polar surface area (TPSA) is 86.8 Å². The Labute approximate surface area is 223 Å². The van der Waals surface area contributed by atoms with Gasteiger partial charge in [0.1, 0.15) is 12.6 Å². The van der Waals surface area contributed by atoms with Gasteiger partial charge in [-0.3, -0.25) is 13.9 Å². The van der Waals surface area contributed by atoms with Gasteiger partial charge in [-0.15, -0.1) is 0 Å². The summed E-state index contributed by atoms with van der Waals surface area (Å²) in [6.45, 7) is 3.67. The summed E-state index contributed by atoms with van der Waals surface area (Å²) in [6.07, 6.45) is 6.74. The molecule has 1 N–H and O–H groups in total. The number of hydrogen-bond donors (Lipinski definition) is 1. The molecule has 2 aromatic carbocycles. The van der Waals surface area contributed by atoms with Crippen molar-refractivity contribution in [1.82, 2.24) is 10.2 Å². The molecule has 1 aliphatic carbocycles. The van der Waals surface area contributed by atoms with Gasteiger partial charge in [-0.2, -0.15) is 0 Å². The summed E-state index contributed by atoms with van der Waals surface area (Å²) < 4.78 is 27.1. The molecule has 36 heavy (non-hydrogen) atoms. The van der Waals surface area contributed by atoms with Crippen LogP contribution in [0, 0.1) is 6.92 Å². The van der Waals surface area contributed by atoms with Crippen molar-refractivity contribution in [2.45, 2.75) is 71.0 Å². The van der Waals surface area contributed by atoms with Crippen LogP contribution in [0.4, 0.5) is 5.69 Å². The number of nitrogens with zero attached hydrogens (tertiary/aromatic N) is 2. The third kappa shape index (κ3) is 7.56. The first-order chi connectivity index (χ1) is 17.1. The van der Waals surface area contributed by atoms with Gasteiger partial charge in [0.15, 0.2) is 0 Å². The molecule has 3 rings (SSSR count). The second-order valence-corrected chi connectivity index (χ2v) is 12.3. The van der Waals surface area contributed by atoms with E-state index in [1.807, 2.05) is 38.1 Å². The van der Waals surface area contributed by atoms with Crippen LogP contribution in [-0.2, 0) is 26.2 Å². The van der Waals surface area contributed by atoms with Gasteiger partial charge in [-0.1, -0.05) is 68.1 Å². The summed E-state index contributed by atoms with van der Waals surface area (Å²) >= 11 is 3.40. The molecule has 1 atom stereocenters. The van der Waals surface area contributed by atoms with Crippen LogP contribution in [-0.4, -0.2) is 50.0 Å². The fraction of sp³-hybridized carbons (Fsp3) is 0.481. The minimum absolute atomic E-state index is 0.115. The number of benzene rings is 2. The molecular weight excluding hydrogens is 542 g/mol. The first kappa shape index (κ1) is 28.2. The van der Waals surface area contributed by atoms with Crippen LogP contribution in [0.1, 0.15) is 56.6 Å². The van der Waals surface area contributed by atoms with Crippen LogP contribution in [0.3, 0.4) is 0 Å². The number of rotatable bonds is 10. The molecule has 1 unspecified atom stereocenters. The molecule has 0 bridgehead atoms. The molecule has 0 radical (unpaired) electrons. The number of hydrogen-bond acceptors (Lipinski definition) is 4. The van der Waals surface area contributed by atoms with Crippen LogP contribution in [0.25, 0.3) is 0 Å². The van der Waals surface area contributed by atoms with Crippen LogP contribution < -0.4 is 9.62 Å². The second-order valence-electron chi connectivity index (χ2n) is 9.50. The van der Waals surface area contributed by atoms with Crippen LogP contribution in [0.15, 0.2) is 53.0 Å². The molecule has 1 fully saturated rings.